The summed E-state index contributed by atoms with van der Waals surface area (Å²) in [6.07, 6.45) is 3.24. The molecule has 1 N–H and O–H groups in total. The van der Waals surface area contributed by atoms with Crippen LogP contribution in [0.2, 0.25) is 0 Å². The van der Waals surface area contributed by atoms with Crippen LogP contribution in [-0.4, -0.2) is 9.55 Å². The Balaban J connectivity index is 1.86. The summed E-state index contributed by atoms with van der Waals surface area (Å²) in [4.78, 5) is 16.7. The molecule has 0 aliphatic rings. The molecule has 0 saturated carbocycles. The van der Waals surface area contributed by atoms with Crippen LogP contribution in [-0.2, 0) is 6.54 Å². The van der Waals surface area contributed by atoms with Crippen molar-refractivity contribution < 1.29 is 4.39 Å². The average Bonchev–Trinajstić information content (AvgIpc) is 2.58. The van der Waals surface area contributed by atoms with Crippen LogP contribution in [0.15, 0.2) is 59.7 Å². The van der Waals surface area contributed by atoms with E-state index in [1.54, 1.807) is 29.1 Å². The SMILES string of the molecule is Cc1ccc(-n2ccnc(NCc3ccc(F)cc3)c2=O)cc1C. The monoisotopic (exact) mass is 323 g/mol. The van der Waals surface area contributed by atoms with Gasteiger partial charge in [-0.2, -0.15) is 0 Å². The van der Waals surface area contributed by atoms with E-state index in [2.05, 4.69) is 10.3 Å². The number of halogens is 1. The van der Waals surface area contributed by atoms with E-state index in [9.17, 15) is 9.18 Å². The van der Waals surface area contributed by atoms with E-state index in [1.165, 1.54) is 17.7 Å². The number of aromatic nitrogens is 2. The van der Waals surface area contributed by atoms with Crippen molar-refractivity contribution in [2.75, 3.05) is 5.32 Å². The van der Waals surface area contributed by atoms with Gasteiger partial charge in [-0.1, -0.05) is 18.2 Å². The van der Waals surface area contributed by atoms with Crippen molar-refractivity contribution in [2.45, 2.75) is 20.4 Å². The van der Waals surface area contributed by atoms with Crippen molar-refractivity contribution in [3.8, 4) is 5.69 Å². The topological polar surface area (TPSA) is 46.9 Å². The van der Waals surface area contributed by atoms with Crippen LogP contribution in [0, 0.1) is 19.7 Å². The van der Waals surface area contributed by atoms with Crippen molar-refractivity contribution in [1.29, 1.82) is 0 Å². The maximum Gasteiger partial charge on any atom is 0.297 e. The van der Waals surface area contributed by atoms with Crippen LogP contribution in [0.1, 0.15) is 16.7 Å². The Morgan fingerprint density at radius 2 is 1.83 bits per heavy atom. The Labute approximate surface area is 139 Å². The van der Waals surface area contributed by atoms with E-state index < -0.39 is 0 Å². The molecular weight excluding hydrogens is 305 g/mol. The first-order chi connectivity index (χ1) is 11.5. The number of hydrogen-bond acceptors (Lipinski definition) is 3. The molecule has 2 aromatic carbocycles. The van der Waals surface area contributed by atoms with Gasteiger partial charge in [-0.15, -0.1) is 0 Å². The number of aryl methyl sites for hydroxylation is 2. The van der Waals surface area contributed by atoms with Gasteiger partial charge >= 0.3 is 0 Å². The van der Waals surface area contributed by atoms with Crippen molar-refractivity contribution in [3.63, 3.8) is 0 Å². The third-order valence-electron chi connectivity index (χ3n) is 3.98. The summed E-state index contributed by atoms with van der Waals surface area (Å²) in [5, 5.41) is 3.02. The number of nitrogens with one attached hydrogen (secondary N) is 1. The second-order valence-corrected chi connectivity index (χ2v) is 5.70. The predicted molar refractivity (Wildman–Crippen MR) is 93.0 cm³/mol. The molecule has 5 heteroatoms. The van der Waals surface area contributed by atoms with Gasteiger partial charge in [-0.25, -0.2) is 9.37 Å². The first-order valence-corrected chi connectivity index (χ1v) is 7.68. The predicted octanol–water partition coefficient (Wildman–Crippen LogP) is 3.60. The number of anilines is 1. The lowest BCUT2D eigenvalue weighted by molar-refractivity contribution is 0.627. The van der Waals surface area contributed by atoms with E-state index >= 15 is 0 Å². The van der Waals surface area contributed by atoms with Gasteiger partial charge < -0.3 is 5.32 Å². The van der Waals surface area contributed by atoms with Gasteiger partial charge in [-0.3, -0.25) is 9.36 Å². The molecule has 0 atom stereocenters. The average molecular weight is 323 g/mol. The zero-order valence-corrected chi connectivity index (χ0v) is 13.6. The Bertz CT molecular complexity index is 917. The first-order valence-electron chi connectivity index (χ1n) is 7.68. The molecule has 0 saturated heterocycles. The smallest absolute Gasteiger partial charge is 0.297 e. The highest BCUT2D eigenvalue weighted by Gasteiger charge is 2.07. The minimum Gasteiger partial charge on any atom is -0.361 e. The maximum atomic E-state index is 12.9. The zero-order valence-electron chi connectivity index (χ0n) is 13.6. The third kappa shape index (κ3) is 3.35. The van der Waals surface area contributed by atoms with Crippen LogP contribution in [0.4, 0.5) is 10.2 Å². The minimum atomic E-state index is -0.284. The lowest BCUT2D eigenvalue weighted by Crippen LogP contribution is -2.23. The molecule has 0 spiro atoms. The van der Waals surface area contributed by atoms with Crippen LogP contribution in [0.5, 0.6) is 0 Å². The van der Waals surface area contributed by atoms with E-state index in [-0.39, 0.29) is 17.2 Å². The standard InChI is InChI=1S/C19H18FN3O/c1-13-3-8-17(11-14(13)2)23-10-9-21-18(19(23)24)22-12-15-4-6-16(20)7-5-15/h3-11H,12H2,1-2H3,(H,21,22). The molecule has 0 amide bonds. The van der Waals surface area contributed by atoms with Crippen LogP contribution in [0.3, 0.4) is 0 Å². The summed E-state index contributed by atoms with van der Waals surface area (Å²) in [6, 6.07) is 12.0. The Hall–Kier alpha value is -2.95. The summed E-state index contributed by atoms with van der Waals surface area (Å²) in [5.74, 6) is -0.0197. The number of nitrogens with zero attached hydrogens (tertiary/aromatic N) is 2. The van der Waals surface area contributed by atoms with Gasteiger partial charge in [0.2, 0.25) is 0 Å². The lowest BCUT2D eigenvalue weighted by Gasteiger charge is -2.10. The normalized spacial score (nSPS) is 10.6. The van der Waals surface area contributed by atoms with Gasteiger partial charge in [0.15, 0.2) is 5.82 Å². The molecule has 0 aliphatic heterocycles. The van der Waals surface area contributed by atoms with E-state index in [4.69, 9.17) is 0 Å². The first kappa shape index (κ1) is 15.9. The second-order valence-electron chi connectivity index (χ2n) is 5.70. The minimum absolute atomic E-state index is 0.220. The fraction of sp³-hybridized carbons (Fsp3) is 0.158. The van der Waals surface area contributed by atoms with Gasteiger partial charge in [0.1, 0.15) is 5.82 Å². The molecule has 0 bridgehead atoms. The molecule has 1 heterocycles. The summed E-state index contributed by atoms with van der Waals surface area (Å²) in [6.45, 7) is 4.45. The Morgan fingerprint density at radius 1 is 1.08 bits per heavy atom. The highest BCUT2D eigenvalue weighted by Crippen LogP contribution is 2.13. The molecule has 1 aromatic heterocycles. The van der Waals surface area contributed by atoms with Crippen molar-refractivity contribution >= 4 is 5.82 Å². The van der Waals surface area contributed by atoms with E-state index in [1.807, 2.05) is 32.0 Å². The molecular formula is C19H18FN3O. The summed E-state index contributed by atoms with van der Waals surface area (Å²) in [5.41, 5.74) is 3.75. The summed E-state index contributed by atoms with van der Waals surface area (Å²) in [7, 11) is 0. The Morgan fingerprint density at radius 3 is 2.54 bits per heavy atom. The highest BCUT2D eigenvalue weighted by atomic mass is 19.1. The molecule has 3 rings (SSSR count). The van der Waals surface area contributed by atoms with E-state index in [0.29, 0.717) is 6.54 Å². The van der Waals surface area contributed by atoms with Crippen molar-refractivity contribution in [2.24, 2.45) is 0 Å². The van der Waals surface area contributed by atoms with Crippen molar-refractivity contribution in [3.05, 3.63) is 87.7 Å². The van der Waals surface area contributed by atoms with Gasteiger partial charge in [0.05, 0.1) is 0 Å². The van der Waals surface area contributed by atoms with Gasteiger partial charge in [-0.05, 0) is 54.8 Å². The van der Waals surface area contributed by atoms with Gasteiger partial charge in [0, 0.05) is 24.6 Å². The number of hydrogen-bond donors (Lipinski definition) is 1. The van der Waals surface area contributed by atoms with E-state index in [0.717, 1.165) is 16.8 Å². The van der Waals surface area contributed by atoms with Crippen molar-refractivity contribution in [1.82, 2.24) is 9.55 Å². The summed E-state index contributed by atoms with van der Waals surface area (Å²) < 4.78 is 14.5. The highest BCUT2D eigenvalue weighted by molar-refractivity contribution is 5.42. The molecule has 3 aromatic rings. The second kappa shape index (κ2) is 6.66. The maximum absolute atomic E-state index is 12.9. The molecule has 0 radical (unpaired) electrons. The zero-order chi connectivity index (χ0) is 17.1. The van der Waals surface area contributed by atoms with Crippen LogP contribution < -0.4 is 10.9 Å². The molecule has 0 aliphatic carbocycles. The fourth-order valence-corrected chi connectivity index (χ4v) is 2.40. The molecule has 0 fully saturated rings. The molecule has 122 valence electrons. The quantitative estimate of drug-likeness (QED) is 0.798. The Kier molecular flexibility index (Phi) is 4.42. The number of benzene rings is 2. The van der Waals surface area contributed by atoms with Crippen LogP contribution in [0.25, 0.3) is 5.69 Å². The molecule has 0 unspecified atom stereocenters. The number of rotatable bonds is 4. The largest absolute Gasteiger partial charge is 0.361 e. The molecule has 4 nitrogen and oxygen atoms in total. The third-order valence-corrected chi connectivity index (χ3v) is 3.98. The fourth-order valence-electron chi connectivity index (χ4n) is 2.40. The van der Waals surface area contributed by atoms with Crippen LogP contribution >= 0.6 is 0 Å². The lowest BCUT2D eigenvalue weighted by atomic mass is 10.1. The summed E-state index contributed by atoms with van der Waals surface area (Å²) >= 11 is 0. The molecule has 24 heavy (non-hydrogen) atoms. The van der Waals surface area contributed by atoms with Gasteiger partial charge in [0.25, 0.3) is 5.56 Å².